The van der Waals surface area contributed by atoms with Gasteiger partial charge >= 0.3 is 29.6 Å². The van der Waals surface area contributed by atoms with Gasteiger partial charge in [-0.1, -0.05) is 12.1 Å². The Hall–Kier alpha value is -0.130. The number of carboxylic acids is 1. The van der Waals surface area contributed by atoms with Crippen LogP contribution in [0.2, 0.25) is 0 Å². The molecule has 0 saturated heterocycles. The summed E-state index contributed by atoms with van der Waals surface area (Å²) in [6.45, 7) is 0. The van der Waals surface area contributed by atoms with Crippen LogP contribution in [0.1, 0.15) is 15.7 Å². The molecule has 0 atom stereocenters. The van der Waals surface area contributed by atoms with Crippen LogP contribution in [0.3, 0.4) is 0 Å². The zero-order valence-electron chi connectivity index (χ0n) is 8.17. The van der Waals surface area contributed by atoms with Gasteiger partial charge in [0.05, 0.1) is 11.9 Å². The Balaban J connectivity index is 0.00000112. The Bertz CT molecular complexity index is 374. The Morgan fingerprint density at radius 2 is 1.60 bits per heavy atom. The monoisotopic (exact) mass is 246 g/mol. The molecule has 15 heavy (non-hydrogen) atoms. The van der Waals surface area contributed by atoms with Gasteiger partial charge in [0.25, 0.3) is 0 Å². The minimum absolute atomic E-state index is 0. The third-order valence-electron chi connectivity index (χ3n) is 1.89. The van der Waals surface area contributed by atoms with Gasteiger partial charge in [0.2, 0.25) is 0 Å². The molecule has 0 aliphatic rings. The topological polar surface area (TPSA) is 40.1 Å². The molecular formula is C10H7NaO2S2. The second kappa shape index (κ2) is 5.82. The van der Waals surface area contributed by atoms with E-state index in [1.807, 2.05) is 35.0 Å². The van der Waals surface area contributed by atoms with Crippen molar-refractivity contribution >= 4 is 28.6 Å². The summed E-state index contributed by atoms with van der Waals surface area (Å²) >= 11 is 2.89. The first-order valence-electron chi connectivity index (χ1n) is 4.06. The molecule has 0 spiro atoms. The Kier molecular flexibility index (Phi) is 5.02. The van der Waals surface area contributed by atoms with Gasteiger partial charge in [-0.15, -0.1) is 22.7 Å². The fraction of sp³-hybridized carbons (Fsp3) is 0.100. The van der Waals surface area contributed by atoms with E-state index in [-0.39, 0.29) is 29.6 Å². The third-order valence-corrected chi connectivity index (χ3v) is 3.77. The largest absolute Gasteiger partial charge is 1.00 e. The van der Waals surface area contributed by atoms with E-state index in [1.54, 1.807) is 0 Å². The number of hydrogen-bond acceptors (Lipinski definition) is 4. The van der Waals surface area contributed by atoms with Crippen molar-refractivity contribution in [3.63, 3.8) is 0 Å². The molecule has 0 fully saturated rings. The molecule has 0 N–H and O–H groups in total. The van der Waals surface area contributed by atoms with E-state index >= 15 is 0 Å². The smallest absolute Gasteiger partial charge is 0.549 e. The van der Waals surface area contributed by atoms with Crippen LogP contribution in [0.4, 0.5) is 0 Å². The quantitative estimate of drug-likeness (QED) is 0.631. The summed E-state index contributed by atoms with van der Waals surface area (Å²) in [5.74, 6) is -1.63. The van der Waals surface area contributed by atoms with Crippen molar-refractivity contribution in [3.05, 3.63) is 44.8 Å². The van der Waals surface area contributed by atoms with Crippen molar-refractivity contribution in [2.75, 3.05) is 0 Å². The standard InChI is InChI=1S/C10H8O2S2.Na/c11-10(12)9(7-3-1-5-13-7)8-4-2-6-14-8;/h1-6,9H,(H,11,12);/q;+1/p-1. The molecule has 0 radical (unpaired) electrons. The first kappa shape index (κ1) is 12.9. The molecule has 0 unspecified atom stereocenters. The zero-order valence-corrected chi connectivity index (χ0v) is 11.8. The molecule has 5 heteroatoms. The Morgan fingerprint density at radius 3 is 1.87 bits per heavy atom. The predicted molar refractivity (Wildman–Crippen MR) is 55.5 cm³/mol. The normalized spacial score (nSPS) is 9.93. The van der Waals surface area contributed by atoms with Crippen molar-refractivity contribution in [3.8, 4) is 0 Å². The summed E-state index contributed by atoms with van der Waals surface area (Å²) in [5.41, 5.74) is 0. The van der Waals surface area contributed by atoms with Crippen molar-refractivity contribution in [1.29, 1.82) is 0 Å². The summed E-state index contributed by atoms with van der Waals surface area (Å²) in [6, 6.07) is 7.35. The van der Waals surface area contributed by atoms with Crippen molar-refractivity contribution in [2.45, 2.75) is 5.92 Å². The second-order valence-corrected chi connectivity index (χ2v) is 4.74. The van der Waals surface area contributed by atoms with Crippen molar-refractivity contribution in [2.24, 2.45) is 0 Å². The van der Waals surface area contributed by atoms with Gasteiger partial charge in [0.15, 0.2) is 0 Å². The van der Waals surface area contributed by atoms with Crippen LogP contribution in [0, 0.1) is 0 Å². The second-order valence-electron chi connectivity index (χ2n) is 2.78. The van der Waals surface area contributed by atoms with E-state index in [1.165, 1.54) is 22.7 Å². The summed E-state index contributed by atoms with van der Waals surface area (Å²) < 4.78 is 0. The van der Waals surface area contributed by atoms with E-state index in [0.29, 0.717) is 0 Å². The number of carbonyl (C=O) groups is 1. The maximum atomic E-state index is 11.0. The first-order valence-corrected chi connectivity index (χ1v) is 5.82. The number of thiophene rings is 2. The van der Waals surface area contributed by atoms with E-state index in [2.05, 4.69) is 0 Å². The van der Waals surface area contributed by atoms with E-state index in [9.17, 15) is 9.90 Å². The van der Waals surface area contributed by atoms with Crippen LogP contribution in [0.5, 0.6) is 0 Å². The maximum absolute atomic E-state index is 11.0. The SMILES string of the molecule is O=C([O-])C(c1cccs1)c1cccs1.[Na+]. The van der Waals surface area contributed by atoms with Gasteiger partial charge in [-0.25, -0.2) is 0 Å². The average molecular weight is 246 g/mol. The number of carbonyl (C=O) groups excluding carboxylic acids is 1. The molecule has 0 aromatic carbocycles. The molecular weight excluding hydrogens is 239 g/mol. The van der Waals surface area contributed by atoms with Crippen LogP contribution < -0.4 is 34.7 Å². The number of aliphatic carboxylic acids is 1. The van der Waals surface area contributed by atoms with Crippen LogP contribution >= 0.6 is 22.7 Å². The van der Waals surface area contributed by atoms with Gasteiger partial charge in [0.1, 0.15) is 0 Å². The van der Waals surface area contributed by atoms with Gasteiger partial charge in [-0.3, -0.25) is 0 Å². The Morgan fingerprint density at radius 1 is 1.13 bits per heavy atom. The van der Waals surface area contributed by atoms with Crippen LogP contribution in [0.25, 0.3) is 0 Å². The Labute approximate surface area is 118 Å². The summed E-state index contributed by atoms with van der Waals surface area (Å²) in [5, 5.41) is 14.7. The number of hydrogen-bond donors (Lipinski definition) is 0. The van der Waals surface area contributed by atoms with Crippen LogP contribution in [-0.2, 0) is 4.79 Å². The van der Waals surface area contributed by atoms with Gasteiger partial charge in [-0.05, 0) is 22.9 Å². The fourth-order valence-electron chi connectivity index (χ4n) is 1.28. The van der Waals surface area contributed by atoms with Crippen molar-refractivity contribution < 1.29 is 39.5 Å². The van der Waals surface area contributed by atoms with E-state index in [4.69, 9.17) is 0 Å². The van der Waals surface area contributed by atoms with Gasteiger partial charge in [-0.2, -0.15) is 0 Å². The molecule has 2 heterocycles. The molecule has 2 aromatic rings. The summed E-state index contributed by atoms with van der Waals surface area (Å²) in [4.78, 5) is 12.7. The summed E-state index contributed by atoms with van der Waals surface area (Å²) in [6.07, 6.45) is 0. The fourth-order valence-corrected chi connectivity index (χ4v) is 3.02. The van der Waals surface area contributed by atoms with Gasteiger partial charge in [0, 0.05) is 9.75 Å². The molecule has 72 valence electrons. The van der Waals surface area contributed by atoms with Crippen molar-refractivity contribution in [1.82, 2.24) is 0 Å². The number of carboxylic acid groups (broad SMARTS) is 1. The molecule has 0 bridgehead atoms. The molecule has 2 nitrogen and oxygen atoms in total. The average Bonchev–Trinajstić information content (AvgIpc) is 2.75. The minimum atomic E-state index is -1.03. The van der Waals surface area contributed by atoms with E-state index < -0.39 is 11.9 Å². The zero-order chi connectivity index (χ0) is 9.97. The van der Waals surface area contributed by atoms with Crippen LogP contribution in [0.15, 0.2) is 35.0 Å². The molecule has 2 aromatic heterocycles. The molecule has 0 amide bonds. The van der Waals surface area contributed by atoms with Crippen LogP contribution in [-0.4, -0.2) is 5.97 Å². The predicted octanol–water partition coefficient (Wildman–Crippen LogP) is -1.30. The first-order chi connectivity index (χ1) is 6.79. The molecule has 0 saturated carbocycles. The number of rotatable bonds is 3. The van der Waals surface area contributed by atoms with Gasteiger partial charge < -0.3 is 9.90 Å². The maximum Gasteiger partial charge on any atom is 1.00 e. The molecule has 0 aliphatic carbocycles. The molecule has 0 aliphatic heterocycles. The summed E-state index contributed by atoms with van der Waals surface area (Å²) in [7, 11) is 0. The molecule has 2 rings (SSSR count). The minimum Gasteiger partial charge on any atom is -0.549 e. The van der Waals surface area contributed by atoms with E-state index in [0.717, 1.165) is 9.75 Å². The third kappa shape index (κ3) is 2.92.